The van der Waals surface area contributed by atoms with Gasteiger partial charge in [0.2, 0.25) is 0 Å². The molecule has 0 spiro atoms. The van der Waals surface area contributed by atoms with Crippen molar-refractivity contribution in [3.63, 3.8) is 0 Å². The van der Waals surface area contributed by atoms with Crippen molar-refractivity contribution in [2.24, 2.45) is 0 Å². The summed E-state index contributed by atoms with van der Waals surface area (Å²) in [6.07, 6.45) is 4.94. The van der Waals surface area contributed by atoms with E-state index < -0.39 is 0 Å². The molecule has 0 amide bonds. The molecule has 4 nitrogen and oxygen atoms in total. The van der Waals surface area contributed by atoms with Gasteiger partial charge in [-0.15, -0.1) is 0 Å². The summed E-state index contributed by atoms with van der Waals surface area (Å²) in [4.78, 5) is 10.7. The molecule has 1 aromatic rings. The van der Waals surface area contributed by atoms with Crippen LogP contribution >= 0.6 is 0 Å². The molecule has 1 N–H and O–H groups in total. The van der Waals surface area contributed by atoms with Crippen molar-refractivity contribution >= 4 is 5.82 Å². The summed E-state index contributed by atoms with van der Waals surface area (Å²) in [7, 11) is 0. The molecule has 0 unspecified atom stereocenters. The van der Waals surface area contributed by atoms with Crippen LogP contribution in [0.5, 0.6) is 0 Å². The molecule has 0 radical (unpaired) electrons. The van der Waals surface area contributed by atoms with Gasteiger partial charge in [-0.25, -0.2) is 4.98 Å². The lowest BCUT2D eigenvalue weighted by Gasteiger charge is -2.30. The molecule has 0 aromatic carbocycles. The predicted molar refractivity (Wildman–Crippen MR) is 54.2 cm³/mol. The molecule has 2 rings (SSSR count). The summed E-state index contributed by atoms with van der Waals surface area (Å²) >= 11 is 0. The summed E-state index contributed by atoms with van der Waals surface area (Å²) in [5.41, 5.74) is 0.962. The molecule has 1 aliphatic heterocycles. The first-order valence-corrected chi connectivity index (χ1v) is 4.98. The molecular formula is C10H15N3O. The quantitative estimate of drug-likeness (QED) is 0.715. The molecule has 2 heterocycles. The highest BCUT2D eigenvalue weighted by Crippen LogP contribution is 2.19. The van der Waals surface area contributed by atoms with E-state index in [2.05, 4.69) is 14.9 Å². The third-order valence-electron chi connectivity index (χ3n) is 2.62. The van der Waals surface area contributed by atoms with E-state index in [9.17, 15) is 5.11 Å². The number of anilines is 1. The Balaban J connectivity index is 2.12. The zero-order valence-electron chi connectivity index (χ0n) is 8.35. The van der Waals surface area contributed by atoms with Gasteiger partial charge in [0.25, 0.3) is 0 Å². The lowest BCUT2D eigenvalue weighted by atomic mass is 10.1. The lowest BCUT2D eigenvalue weighted by molar-refractivity contribution is 0.145. The summed E-state index contributed by atoms with van der Waals surface area (Å²) in [6.45, 7) is 3.72. The van der Waals surface area contributed by atoms with Crippen LogP contribution in [0.25, 0.3) is 0 Å². The second kappa shape index (κ2) is 3.92. The highest BCUT2D eigenvalue weighted by atomic mass is 16.3. The smallest absolute Gasteiger partial charge is 0.150 e. The van der Waals surface area contributed by atoms with E-state index in [1.54, 1.807) is 12.4 Å². The van der Waals surface area contributed by atoms with Crippen molar-refractivity contribution in [2.75, 3.05) is 18.0 Å². The standard InChI is InChI=1S/C10H15N3O/c1-8-10(12-5-4-11-8)13-6-2-9(14)3-7-13/h4-5,9,14H,2-3,6-7H2,1H3. The van der Waals surface area contributed by atoms with Gasteiger partial charge in [-0.1, -0.05) is 0 Å². The second-order valence-corrected chi connectivity index (χ2v) is 3.68. The van der Waals surface area contributed by atoms with Gasteiger partial charge in [-0.2, -0.15) is 0 Å². The first-order chi connectivity index (χ1) is 6.77. The van der Waals surface area contributed by atoms with Gasteiger partial charge in [-0.3, -0.25) is 4.98 Å². The van der Waals surface area contributed by atoms with Gasteiger partial charge >= 0.3 is 0 Å². The number of hydrogen-bond acceptors (Lipinski definition) is 4. The van der Waals surface area contributed by atoms with Gasteiger partial charge in [0.1, 0.15) is 5.82 Å². The van der Waals surface area contributed by atoms with E-state index in [0.717, 1.165) is 37.4 Å². The van der Waals surface area contributed by atoms with Crippen LogP contribution in [0.1, 0.15) is 18.5 Å². The van der Waals surface area contributed by atoms with E-state index in [-0.39, 0.29) is 6.10 Å². The van der Waals surface area contributed by atoms with Crippen molar-refractivity contribution < 1.29 is 5.11 Å². The molecule has 4 heteroatoms. The monoisotopic (exact) mass is 193 g/mol. The van der Waals surface area contributed by atoms with Crippen molar-refractivity contribution in [3.8, 4) is 0 Å². The SMILES string of the molecule is Cc1nccnc1N1CCC(O)CC1. The summed E-state index contributed by atoms with van der Waals surface area (Å²) in [6, 6.07) is 0. The number of piperidine rings is 1. The molecule has 1 saturated heterocycles. The van der Waals surface area contributed by atoms with Gasteiger partial charge in [0.15, 0.2) is 0 Å². The van der Waals surface area contributed by atoms with Crippen LogP contribution < -0.4 is 4.90 Å². The Labute approximate surface area is 83.6 Å². The van der Waals surface area contributed by atoms with Crippen LogP contribution in [-0.2, 0) is 0 Å². The number of nitrogens with zero attached hydrogens (tertiary/aromatic N) is 3. The van der Waals surface area contributed by atoms with Gasteiger partial charge in [-0.05, 0) is 19.8 Å². The molecule has 76 valence electrons. The maximum atomic E-state index is 9.38. The Morgan fingerprint density at radius 2 is 1.93 bits per heavy atom. The third-order valence-corrected chi connectivity index (χ3v) is 2.62. The minimum absolute atomic E-state index is 0.136. The van der Waals surface area contributed by atoms with E-state index in [0.29, 0.717) is 0 Å². The summed E-state index contributed by atoms with van der Waals surface area (Å²) in [5, 5.41) is 9.38. The highest BCUT2D eigenvalue weighted by molar-refractivity contribution is 5.42. The molecule has 1 fully saturated rings. The topological polar surface area (TPSA) is 49.2 Å². The minimum atomic E-state index is -0.136. The average molecular weight is 193 g/mol. The number of aliphatic hydroxyl groups excluding tert-OH is 1. The number of aliphatic hydroxyl groups is 1. The van der Waals surface area contributed by atoms with Crippen LogP contribution in [0.4, 0.5) is 5.82 Å². The van der Waals surface area contributed by atoms with Crippen LogP contribution in [0.3, 0.4) is 0 Å². The molecule has 0 atom stereocenters. The fourth-order valence-corrected chi connectivity index (χ4v) is 1.79. The molecule has 1 aromatic heterocycles. The van der Waals surface area contributed by atoms with E-state index >= 15 is 0 Å². The van der Waals surface area contributed by atoms with Gasteiger partial charge < -0.3 is 10.0 Å². The fourth-order valence-electron chi connectivity index (χ4n) is 1.79. The van der Waals surface area contributed by atoms with Crippen molar-refractivity contribution in [1.29, 1.82) is 0 Å². The van der Waals surface area contributed by atoms with Crippen LogP contribution in [0, 0.1) is 6.92 Å². The normalized spacial score (nSPS) is 18.6. The highest BCUT2D eigenvalue weighted by Gasteiger charge is 2.19. The van der Waals surface area contributed by atoms with Crippen molar-refractivity contribution in [2.45, 2.75) is 25.9 Å². The van der Waals surface area contributed by atoms with E-state index in [4.69, 9.17) is 0 Å². The minimum Gasteiger partial charge on any atom is -0.393 e. The third kappa shape index (κ3) is 1.85. The Kier molecular flexibility index (Phi) is 2.63. The van der Waals surface area contributed by atoms with E-state index in [1.807, 2.05) is 6.92 Å². The first kappa shape index (κ1) is 9.40. The van der Waals surface area contributed by atoms with Crippen LogP contribution in [0.2, 0.25) is 0 Å². The maximum Gasteiger partial charge on any atom is 0.150 e. The summed E-state index contributed by atoms with van der Waals surface area (Å²) < 4.78 is 0. The first-order valence-electron chi connectivity index (χ1n) is 4.98. The summed E-state index contributed by atoms with van der Waals surface area (Å²) in [5.74, 6) is 0.958. The largest absolute Gasteiger partial charge is 0.393 e. The van der Waals surface area contributed by atoms with Gasteiger partial charge in [0, 0.05) is 25.5 Å². The molecule has 14 heavy (non-hydrogen) atoms. The molecule has 1 aliphatic rings. The van der Waals surface area contributed by atoms with Crippen LogP contribution in [0.15, 0.2) is 12.4 Å². The molecule has 0 bridgehead atoms. The predicted octanol–water partition coefficient (Wildman–Crippen LogP) is 0.746. The molecular weight excluding hydrogens is 178 g/mol. The second-order valence-electron chi connectivity index (χ2n) is 3.68. The van der Waals surface area contributed by atoms with Crippen molar-refractivity contribution in [1.82, 2.24) is 9.97 Å². The Bertz CT molecular complexity index is 308. The molecule has 0 saturated carbocycles. The average Bonchev–Trinajstić information content (AvgIpc) is 2.20. The lowest BCUT2D eigenvalue weighted by Crippen LogP contribution is -2.36. The van der Waals surface area contributed by atoms with E-state index in [1.165, 1.54) is 0 Å². The van der Waals surface area contributed by atoms with Gasteiger partial charge in [0.05, 0.1) is 11.8 Å². The molecule has 0 aliphatic carbocycles. The number of aromatic nitrogens is 2. The van der Waals surface area contributed by atoms with Crippen molar-refractivity contribution in [3.05, 3.63) is 18.1 Å². The maximum absolute atomic E-state index is 9.38. The Morgan fingerprint density at radius 3 is 2.57 bits per heavy atom. The number of rotatable bonds is 1. The Morgan fingerprint density at radius 1 is 1.29 bits per heavy atom. The van der Waals surface area contributed by atoms with Crippen LogP contribution in [-0.4, -0.2) is 34.3 Å². The Hall–Kier alpha value is -1.16. The zero-order chi connectivity index (χ0) is 9.97. The fraction of sp³-hybridized carbons (Fsp3) is 0.600. The zero-order valence-corrected chi connectivity index (χ0v) is 8.35. The number of aryl methyl sites for hydroxylation is 1. The number of hydrogen-bond donors (Lipinski definition) is 1.